The van der Waals surface area contributed by atoms with E-state index >= 15 is 0 Å². The Balaban J connectivity index is 1.40. The third kappa shape index (κ3) is 3.03. The second kappa shape index (κ2) is 8.29. The molecule has 9 aromatic rings. The predicted molar refractivity (Wildman–Crippen MR) is 172 cm³/mol. The van der Waals surface area contributed by atoms with Crippen LogP contribution in [0.4, 0.5) is 0 Å². The van der Waals surface area contributed by atoms with Crippen LogP contribution in [0.2, 0.25) is 0 Å². The molecule has 2 heterocycles. The first-order valence-electron chi connectivity index (χ1n) is 13.6. The van der Waals surface area contributed by atoms with Gasteiger partial charge in [0.1, 0.15) is 5.58 Å². The maximum atomic E-state index is 5.69. The number of benzene rings is 7. The van der Waals surface area contributed by atoms with Gasteiger partial charge in [0.05, 0.1) is 6.26 Å². The average molecular weight is 527 g/mol. The van der Waals surface area contributed by atoms with Crippen molar-refractivity contribution < 1.29 is 4.42 Å². The molecule has 9 rings (SSSR count). The van der Waals surface area contributed by atoms with Crippen LogP contribution < -0.4 is 0 Å². The van der Waals surface area contributed by atoms with E-state index in [1.807, 2.05) is 11.3 Å². The third-order valence-corrected chi connectivity index (χ3v) is 9.57. The maximum absolute atomic E-state index is 5.69. The summed E-state index contributed by atoms with van der Waals surface area (Å²) in [6, 6.07) is 46.6. The zero-order valence-corrected chi connectivity index (χ0v) is 22.3. The summed E-state index contributed by atoms with van der Waals surface area (Å²) in [6.07, 6.45) is 1.79. The molecule has 0 spiro atoms. The highest BCUT2D eigenvalue weighted by molar-refractivity contribution is 7.26. The Morgan fingerprint density at radius 1 is 0.450 bits per heavy atom. The lowest BCUT2D eigenvalue weighted by molar-refractivity contribution is 0.616. The van der Waals surface area contributed by atoms with E-state index in [0.29, 0.717) is 0 Å². The highest BCUT2D eigenvalue weighted by Gasteiger charge is 2.19. The minimum absolute atomic E-state index is 0.945. The van der Waals surface area contributed by atoms with Crippen LogP contribution in [-0.4, -0.2) is 0 Å². The van der Waals surface area contributed by atoms with Gasteiger partial charge in [-0.1, -0.05) is 97.1 Å². The van der Waals surface area contributed by atoms with E-state index in [1.54, 1.807) is 6.26 Å². The van der Waals surface area contributed by atoms with Gasteiger partial charge < -0.3 is 4.42 Å². The topological polar surface area (TPSA) is 13.1 Å². The first-order chi connectivity index (χ1) is 19.8. The van der Waals surface area contributed by atoms with E-state index in [4.69, 9.17) is 4.42 Å². The fourth-order valence-corrected chi connectivity index (χ4v) is 7.81. The van der Waals surface area contributed by atoms with Crippen LogP contribution in [0.15, 0.2) is 138 Å². The van der Waals surface area contributed by atoms with E-state index in [2.05, 4.69) is 127 Å². The molecule has 7 aromatic carbocycles. The second-order valence-electron chi connectivity index (χ2n) is 10.5. The lowest BCUT2D eigenvalue weighted by Crippen LogP contribution is -1.91. The van der Waals surface area contributed by atoms with E-state index in [0.717, 1.165) is 5.58 Å². The van der Waals surface area contributed by atoms with Crippen molar-refractivity contribution in [2.24, 2.45) is 0 Å². The van der Waals surface area contributed by atoms with Crippen molar-refractivity contribution in [1.29, 1.82) is 0 Å². The third-order valence-electron chi connectivity index (χ3n) is 8.35. The first-order valence-corrected chi connectivity index (χ1v) is 14.4. The molecule has 0 aliphatic carbocycles. The maximum Gasteiger partial charge on any atom is 0.135 e. The molecule has 0 aliphatic heterocycles. The normalized spacial score (nSPS) is 12.0. The standard InChI is InChI=1S/C38H22OS/c1-2-10-25-23(8-1)9-7-15-26(25)37-29-13-5-3-11-27(29)36(28-12-4-6-14-30(28)37)24-16-19-35-33(22-24)31-17-18-34-32(20-21-39-34)38(31)40-35/h1-22H. The van der Waals surface area contributed by atoms with Crippen molar-refractivity contribution >= 4 is 74.8 Å². The molecule has 0 unspecified atom stereocenters. The average Bonchev–Trinajstić information content (AvgIpc) is 3.64. The first kappa shape index (κ1) is 22.0. The van der Waals surface area contributed by atoms with Crippen LogP contribution in [0.3, 0.4) is 0 Å². The van der Waals surface area contributed by atoms with E-state index in [1.165, 1.54) is 80.1 Å². The Kier molecular flexibility index (Phi) is 4.55. The Morgan fingerprint density at radius 2 is 1.12 bits per heavy atom. The molecule has 0 saturated carbocycles. The summed E-state index contributed by atoms with van der Waals surface area (Å²) < 4.78 is 8.28. The predicted octanol–water partition coefficient (Wildman–Crippen LogP) is 11.6. The van der Waals surface area contributed by atoms with Gasteiger partial charge in [-0.2, -0.15) is 0 Å². The molecule has 0 fully saturated rings. The number of thiophene rings is 1. The SMILES string of the molecule is c1ccc2c(-c3c4ccccc4c(-c4ccc5sc6c7ccoc7ccc6c5c4)c4ccccc34)cccc2c1. The molecule has 1 nitrogen and oxygen atoms in total. The number of hydrogen-bond donors (Lipinski definition) is 0. The fraction of sp³-hybridized carbons (Fsp3) is 0. The molecule has 0 aliphatic rings. The Labute approximate surface area is 234 Å². The lowest BCUT2D eigenvalue weighted by Gasteiger charge is -2.19. The van der Waals surface area contributed by atoms with Gasteiger partial charge in [0.2, 0.25) is 0 Å². The summed E-state index contributed by atoms with van der Waals surface area (Å²) in [4.78, 5) is 0. The van der Waals surface area contributed by atoms with Crippen LogP contribution >= 0.6 is 11.3 Å². The van der Waals surface area contributed by atoms with Gasteiger partial charge in [0.25, 0.3) is 0 Å². The molecule has 186 valence electrons. The molecule has 0 bridgehead atoms. The van der Waals surface area contributed by atoms with Crippen molar-refractivity contribution in [3.63, 3.8) is 0 Å². The van der Waals surface area contributed by atoms with Gasteiger partial charge in [-0.25, -0.2) is 0 Å². The summed E-state index contributed by atoms with van der Waals surface area (Å²) in [5, 5.41) is 11.4. The van der Waals surface area contributed by atoms with E-state index in [9.17, 15) is 0 Å². The highest BCUT2D eigenvalue weighted by atomic mass is 32.1. The second-order valence-corrected chi connectivity index (χ2v) is 11.5. The summed E-state index contributed by atoms with van der Waals surface area (Å²) in [5.74, 6) is 0. The van der Waals surface area contributed by atoms with Crippen LogP contribution in [0.5, 0.6) is 0 Å². The molecule has 40 heavy (non-hydrogen) atoms. The fourth-order valence-electron chi connectivity index (χ4n) is 6.61. The lowest BCUT2D eigenvalue weighted by atomic mass is 9.84. The van der Waals surface area contributed by atoms with Crippen molar-refractivity contribution in [2.75, 3.05) is 0 Å². The minimum atomic E-state index is 0.945. The van der Waals surface area contributed by atoms with Crippen molar-refractivity contribution in [2.45, 2.75) is 0 Å². The number of fused-ring (bicyclic) bond motifs is 8. The van der Waals surface area contributed by atoms with Crippen molar-refractivity contribution in [1.82, 2.24) is 0 Å². The van der Waals surface area contributed by atoms with Gasteiger partial charge >= 0.3 is 0 Å². The van der Waals surface area contributed by atoms with Crippen LogP contribution in [0.1, 0.15) is 0 Å². The monoisotopic (exact) mass is 526 g/mol. The smallest absolute Gasteiger partial charge is 0.135 e. The molecule has 0 atom stereocenters. The molecule has 0 N–H and O–H groups in total. The minimum Gasteiger partial charge on any atom is -0.464 e. The van der Waals surface area contributed by atoms with Crippen LogP contribution in [0.25, 0.3) is 85.7 Å². The van der Waals surface area contributed by atoms with Gasteiger partial charge in [0.15, 0.2) is 0 Å². The molecular weight excluding hydrogens is 504 g/mol. The number of furan rings is 1. The van der Waals surface area contributed by atoms with E-state index in [-0.39, 0.29) is 0 Å². The molecule has 2 heteroatoms. The van der Waals surface area contributed by atoms with Crippen LogP contribution in [0, 0.1) is 0 Å². The van der Waals surface area contributed by atoms with Gasteiger partial charge in [0, 0.05) is 25.6 Å². The summed E-state index contributed by atoms with van der Waals surface area (Å²) >= 11 is 1.85. The summed E-state index contributed by atoms with van der Waals surface area (Å²) in [6.45, 7) is 0. The molecule has 0 radical (unpaired) electrons. The van der Waals surface area contributed by atoms with Gasteiger partial charge in [-0.05, 0) is 84.9 Å². The van der Waals surface area contributed by atoms with Crippen molar-refractivity contribution in [3.8, 4) is 22.3 Å². The Bertz CT molecular complexity index is 2380. The summed E-state index contributed by atoms with van der Waals surface area (Å²) in [5.41, 5.74) is 6.06. The molecule has 2 aromatic heterocycles. The molecule has 0 amide bonds. The number of rotatable bonds is 2. The van der Waals surface area contributed by atoms with Gasteiger partial charge in [-0.15, -0.1) is 11.3 Å². The van der Waals surface area contributed by atoms with Crippen LogP contribution in [-0.2, 0) is 0 Å². The summed E-state index contributed by atoms with van der Waals surface area (Å²) in [7, 11) is 0. The zero-order valence-electron chi connectivity index (χ0n) is 21.5. The quantitative estimate of drug-likeness (QED) is 0.204. The number of hydrogen-bond acceptors (Lipinski definition) is 2. The molecule has 0 saturated heterocycles. The van der Waals surface area contributed by atoms with Gasteiger partial charge in [-0.3, -0.25) is 0 Å². The van der Waals surface area contributed by atoms with Crippen molar-refractivity contribution in [3.05, 3.63) is 134 Å². The largest absolute Gasteiger partial charge is 0.464 e. The van der Waals surface area contributed by atoms with E-state index < -0.39 is 0 Å². The zero-order chi connectivity index (χ0) is 26.2. The molecular formula is C38H22OS. The highest BCUT2D eigenvalue weighted by Crippen LogP contribution is 2.47. The Hall–Kier alpha value is -4.92. The Morgan fingerprint density at radius 3 is 1.90 bits per heavy atom.